The molecule has 0 heterocycles. The average molecular weight is 265 g/mol. The van der Waals surface area contributed by atoms with E-state index in [-0.39, 0.29) is 35.6 Å². The van der Waals surface area contributed by atoms with Crippen LogP contribution in [0.2, 0.25) is 0 Å². The largest absolute Gasteiger partial charge is 0.508 e. The van der Waals surface area contributed by atoms with Gasteiger partial charge < -0.3 is 20.6 Å². The van der Waals surface area contributed by atoms with Crippen LogP contribution in [0.25, 0.3) is 0 Å². The molecule has 1 fully saturated rings. The van der Waals surface area contributed by atoms with Gasteiger partial charge in [-0.3, -0.25) is 4.79 Å². The van der Waals surface area contributed by atoms with Crippen LogP contribution >= 0.6 is 0 Å². The summed E-state index contributed by atoms with van der Waals surface area (Å²) >= 11 is 0. The quantitative estimate of drug-likeness (QED) is 0.621. The van der Waals surface area contributed by atoms with Crippen molar-refractivity contribution in [2.24, 2.45) is 5.92 Å². The van der Waals surface area contributed by atoms with Crippen LogP contribution in [-0.4, -0.2) is 33.9 Å². The van der Waals surface area contributed by atoms with E-state index in [1.165, 1.54) is 18.2 Å². The van der Waals surface area contributed by atoms with Crippen molar-refractivity contribution in [3.63, 3.8) is 0 Å². The molecule has 4 N–H and O–H groups in total. The number of phenolic OH excluding ortho intramolecular Hbond substituents is 2. The summed E-state index contributed by atoms with van der Waals surface area (Å²) in [5.41, 5.74) is 0.0577. The van der Waals surface area contributed by atoms with Crippen LogP contribution in [0.15, 0.2) is 18.2 Å². The Morgan fingerprint density at radius 3 is 2.74 bits per heavy atom. The molecular formula is C14H19NO4. The Morgan fingerprint density at radius 2 is 2.00 bits per heavy atom. The number of nitrogens with one attached hydrogen (secondary N) is 1. The van der Waals surface area contributed by atoms with Gasteiger partial charge in [0.1, 0.15) is 11.5 Å². The van der Waals surface area contributed by atoms with Crippen molar-refractivity contribution in [2.45, 2.75) is 31.7 Å². The smallest absolute Gasteiger partial charge is 0.255 e. The summed E-state index contributed by atoms with van der Waals surface area (Å²) in [7, 11) is 0. The van der Waals surface area contributed by atoms with Gasteiger partial charge in [0.25, 0.3) is 5.91 Å². The third-order valence-corrected chi connectivity index (χ3v) is 3.68. The van der Waals surface area contributed by atoms with Crippen LogP contribution in [0, 0.1) is 5.92 Å². The molecule has 5 nitrogen and oxygen atoms in total. The monoisotopic (exact) mass is 265 g/mol. The van der Waals surface area contributed by atoms with Crippen molar-refractivity contribution in [1.29, 1.82) is 0 Å². The van der Waals surface area contributed by atoms with Crippen molar-refractivity contribution < 1.29 is 20.1 Å². The van der Waals surface area contributed by atoms with E-state index in [0.29, 0.717) is 0 Å². The van der Waals surface area contributed by atoms with Crippen molar-refractivity contribution >= 4 is 5.91 Å². The molecule has 104 valence electrons. The minimum atomic E-state index is -0.418. The molecule has 0 spiro atoms. The van der Waals surface area contributed by atoms with E-state index in [1.807, 2.05) is 0 Å². The topological polar surface area (TPSA) is 89.8 Å². The minimum absolute atomic E-state index is 0.0525. The first-order valence-electron chi connectivity index (χ1n) is 6.55. The molecule has 1 aliphatic rings. The van der Waals surface area contributed by atoms with Gasteiger partial charge in [0, 0.05) is 18.6 Å². The van der Waals surface area contributed by atoms with Gasteiger partial charge in [-0.25, -0.2) is 0 Å². The highest BCUT2D eigenvalue weighted by atomic mass is 16.3. The first-order valence-corrected chi connectivity index (χ1v) is 6.55. The lowest BCUT2D eigenvalue weighted by molar-refractivity contribution is 0.0869. The Hall–Kier alpha value is -1.75. The molecule has 1 aromatic rings. The zero-order valence-electron chi connectivity index (χ0n) is 10.7. The van der Waals surface area contributed by atoms with E-state index in [4.69, 9.17) is 0 Å². The van der Waals surface area contributed by atoms with Gasteiger partial charge in [0.05, 0.1) is 5.56 Å². The average Bonchev–Trinajstić information content (AvgIpc) is 2.42. The Kier molecular flexibility index (Phi) is 4.27. The normalized spacial score (nSPS) is 23.0. The second kappa shape index (κ2) is 5.93. The summed E-state index contributed by atoms with van der Waals surface area (Å²) in [6.45, 7) is 0.0525. The molecule has 1 saturated carbocycles. The molecule has 0 radical (unpaired) electrons. The molecule has 0 aliphatic heterocycles. The molecule has 2 unspecified atom stereocenters. The van der Waals surface area contributed by atoms with Crippen LogP contribution in [0.3, 0.4) is 0 Å². The third kappa shape index (κ3) is 3.17. The number of benzene rings is 1. The SMILES string of the molecule is O=C(NC1CCCCC1CO)c1cc(O)ccc1O. The van der Waals surface area contributed by atoms with E-state index in [0.717, 1.165) is 25.7 Å². The molecule has 0 bridgehead atoms. The second-order valence-electron chi connectivity index (χ2n) is 5.01. The maximum Gasteiger partial charge on any atom is 0.255 e. The maximum absolute atomic E-state index is 12.1. The van der Waals surface area contributed by atoms with Crippen molar-refractivity contribution in [1.82, 2.24) is 5.32 Å². The Morgan fingerprint density at radius 1 is 1.26 bits per heavy atom. The van der Waals surface area contributed by atoms with Gasteiger partial charge >= 0.3 is 0 Å². The van der Waals surface area contributed by atoms with E-state index in [2.05, 4.69) is 5.32 Å². The molecule has 1 aliphatic carbocycles. The number of aliphatic hydroxyl groups excluding tert-OH is 1. The lowest BCUT2D eigenvalue weighted by atomic mass is 9.85. The lowest BCUT2D eigenvalue weighted by Gasteiger charge is -2.30. The number of phenols is 2. The number of amides is 1. The standard InChI is InChI=1S/C14H19NO4/c16-8-9-3-1-2-4-12(9)15-14(19)11-7-10(17)5-6-13(11)18/h5-7,9,12,16-18H,1-4,8H2,(H,15,19). The number of aromatic hydroxyl groups is 2. The van der Waals surface area contributed by atoms with E-state index >= 15 is 0 Å². The maximum atomic E-state index is 12.1. The van der Waals surface area contributed by atoms with Crippen LogP contribution in [0.5, 0.6) is 11.5 Å². The number of carbonyl (C=O) groups excluding carboxylic acids is 1. The third-order valence-electron chi connectivity index (χ3n) is 3.68. The van der Waals surface area contributed by atoms with Crippen molar-refractivity contribution in [3.8, 4) is 11.5 Å². The minimum Gasteiger partial charge on any atom is -0.508 e. The second-order valence-corrected chi connectivity index (χ2v) is 5.01. The van der Waals surface area contributed by atoms with E-state index in [9.17, 15) is 20.1 Å². The molecule has 0 aromatic heterocycles. The molecular weight excluding hydrogens is 246 g/mol. The van der Waals surface area contributed by atoms with Gasteiger partial charge in [-0.05, 0) is 31.0 Å². The number of hydrogen-bond acceptors (Lipinski definition) is 4. The Balaban J connectivity index is 2.09. The zero-order valence-corrected chi connectivity index (χ0v) is 10.7. The zero-order chi connectivity index (χ0) is 13.8. The van der Waals surface area contributed by atoms with Crippen LogP contribution in [-0.2, 0) is 0 Å². The first kappa shape index (κ1) is 13.7. The van der Waals surface area contributed by atoms with Gasteiger partial charge in [0.15, 0.2) is 0 Å². The summed E-state index contributed by atoms with van der Waals surface area (Å²) in [4.78, 5) is 12.1. The molecule has 2 rings (SSSR count). The fourth-order valence-corrected chi connectivity index (χ4v) is 2.57. The predicted molar refractivity (Wildman–Crippen MR) is 70.1 cm³/mol. The lowest BCUT2D eigenvalue weighted by Crippen LogP contribution is -2.43. The molecule has 5 heteroatoms. The van der Waals surface area contributed by atoms with Gasteiger partial charge in [0.2, 0.25) is 0 Å². The first-order chi connectivity index (χ1) is 9.11. The van der Waals surface area contributed by atoms with Crippen LogP contribution in [0.4, 0.5) is 0 Å². The summed E-state index contributed by atoms with van der Waals surface area (Å²) < 4.78 is 0. The van der Waals surface area contributed by atoms with Crippen molar-refractivity contribution in [2.75, 3.05) is 6.61 Å². The summed E-state index contributed by atoms with van der Waals surface area (Å²) in [5, 5.41) is 31.1. The summed E-state index contributed by atoms with van der Waals surface area (Å²) in [6.07, 6.45) is 3.81. The highest BCUT2D eigenvalue weighted by Crippen LogP contribution is 2.26. The predicted octanol–water partition coefficient (Wildman–Crippen LogP) is 1.38. The van der Waals surface area contributed by atoms with Gasteiger partial charge in [-0.2, -0.15) is 0 Å². The van der Waals surface area contributed by atoms with E-state index < -0.39 is 5.91 Å². The molecule has 2 atom stereocenters. The van der Waals surface area contributed by atoms with E-state index in [1.54, 1.807) is 0 Å². The fourth-order valence-electron chi connectivity index (χ4n) is 2.57. The number of carbonyl (C=O) groups is 1. The number of hydrogen-bond donors (Lipinski definition) is 4. The molecule has 19 heavy (non-hydrogen) atoms. The molecule has 1 aromatic carbocycles. The number of aliphatic hydroxyl groups is 1. The summed E-state index contributed by atoms with van der Waals surface area (Å²) in [5.74, 6) is -0.576. The Bertz CT molecular complexity index is 461. The molecule has 1 amide bonds. The fraction of sp³-hybridized carbons (Fsp3) is 0.500. The highest BCUT2D eigenvalue weighted by Gasteiger charge is 2.26. The van der Waals surface area contributed by atoms with Crippen molar-refractivity contribution in [3.05, 3.63) is 23.8 Å². The number of rotatable bonds is 3. The highest BCUT2D eigenvalue weighted by molar-refractivity contribution is 5.97. The Labute approximate surface area is 111 Å². The summed E-state index contributed by atoms with van der Waals surface area (Å²) in [6, 6.07) is 3.77. The van der Waals surface area contributed by atoms with Crippen LogP contribution in [0.1, 0.15) is 36.0 Å². The van der Waals surface area contributed by atoms with Gasteiger partial charge in [-0.1, -0.05) is 12.8 Å². The van der Waals surface area contributed by atoms with Gasteiger partial charge in [-0.15, -0.1) is 0 Å². The van der Waals surface area contributed by atoms with Crippen LogP contribution < -0.4 is 5.32 Å². The molecule has 0 saturated heterocycles.